The zero-order valence-electron chi connectivity index (χ0n) is 12.5. The summed E-state index contributed by atoms with van der Waals surface area (Å²) in [5, 5.41) is 6.26. The topological polar surface area (TPSA) is 61.4 Å². The molecule has 0 aromatic rings. The number of hydrogen-bond acceptors (Lipinski definition) is 3. The second-order valence-corrected chi connectivity index (χ2v) is 6.00. The Morgan fingerprint density at radius 1 is 1.30 bits per heavy atom. The van der Waals surface area contributed by atoms with E-state index in [1.807, 2.05) is 11.8 Å². The lowest BCUT2D eigenvalue weighted by atomic mass is 9.97. The fourth-order valence-electron chi connectivity index (χ4n) is 3.12. The van der Waals surface area contributed by atoms with Gasteiger partial charge in [-0.15, -0.1) is 0 Å². The summed E-state index contributed by atoms with van der Waals surface area (Å²) in [7, 11) is 0. The van der Waals surface area contributed by atoms with Crippen LogP contribution >= 0.6 is 0 Å². The summed E-state index contributed by atoms with van der Waals surface area (Å²) in [6, 6.07) is 0.0310. The van der Waals surface area contributed by atoms with Crippen molar-refractivity contribution in [1.29, 1.82) is 0 Å². The van der Waals surface area contributed by atoms with E-state index >= 15 is 0 Å². The highest BCUT2D eigenvalue weighted by Gasteiger charge is 2.30. The van der Waals surface area contributed by atoms with Crippen LogP contribution in [0.5, 0.6) is 0 Å². The number of piperidine rings is 1. The highest BCUT2D eigenvalue weighted by Crippen LogP contribution is 2.18. The van der Waals surface area contributed by atoms with Crippen molar-refractivity contribution in [3.8, 4) is 0 Å². The van der Waals surface area contributed by atoms with E-state index < -0.39 is 0 Å². The predicted octanol–water partition coefficient (Wildman–Crippen LogP) is 0.893. The van der Waals surface area contributed by atoms with Gasteiger partial charge in [0.25, 0.3) is 0 Å². The van der Waals surface area contributed by atoms with Crippen LogP contribution in [0.2, 0.25) is 0 Å². The maximum atomic E-state index is 12.4. The zero-order chi connectivity index (χ0) is 14.4. The fourth-order valence-corrected chi connectivity index (χ4v) is 3.12. The van der Waals surface area contributed by atoms with Crippen LogP contribution in [0.25, 0.3) is 0 Å². The van der Waals surface area contributed by atoms with Crippen molar-refractivity contribution in [1.82, 2.24) is 15.5 Å². The second kappa shape index (κ2) is 7.62. The molecule has 2 heterocycles. The highest BCUT2D eigenvalue weighted by atomic mass is 16.2. The van der Waals surface area contributed by atoms with Crippen molar-refractivity contribution in [2.24, 2.45) is 5.92 Å². The lowest BCUT2D eigenvalue weighted by Gasteiger charge is -2.34. The van der Waals surface area contributed by atoms with E-state index in [1.54, 1.807) is 0 Å². The van der Waals surface area contributed by atoms with E-state index in [0.717, 1.165) is 51.7 Å². The monoisotopic (exact) mass is 281 g/mol. The van der Waals surface area contributed by atoms with Gasteiger partial charge < -0.3 is 15.5 Å². The Hall–Kier alpha value is -1.10. The average molecular weight is 281 g/mol. The molecule has 2 fully saturated rings. The predicted molar refractivity (Wildman–Crippen MR) is 78.2 cm³/mol. The molecule has 20 heavy (non-hydrogen) atoms. The van der Waals surface area contributed by atoms with Gasteiger partial charge >= 0.3 is 0 Å². The Morgan fingerprint density at radius 2 is 2.15 bits per heavy atom. The number of carbonyl (C=O) groups excluding carboxylic acids is 2. The van der Waals surface area contributed by atoms with Crippen LogP contribution in [-0.2, 0) is 9.59 Å². The van der Waals surface area contributed by atoms with Gasteiger partial charge in [-0.25, -0.2) is 0 Å². The minimum Gasteiger partial charge on any atom is -0.356 e. The number of carbonyl (C=O) groups is 2. The van der Waals surface area contributed by atoms with Crippen LogP contribution in [0.3, 0.4) is 0 Å². The van der Waals surface area contributed by atoms with Gasteiger partial charge in [0.15, 0.2) is 0 Å². The Morgan fingerprint density at radius 3 is 2.85 bits per heavy atom. The van der Waals surface area contributed by atoms with Gasteiger partial charge in [-0.1, -0.05) is 6.92 Å². The van der Waals surface area contributed by atoms with Gasteiger partial charge in [-0.05, 0) is 44.6 Å². The molecule has 0 spiro atoms. The first kappa shape index (κ1) is 15.3. The molecule has 0 saturated carbocycles. The number of nitrogens with zero attached hydrogens (tertiary/aromatic N) is 1. The molecule has 2 N–H and O–H groups in total. The summed E-state index contributed by atoms with van der Waals surface area (Å²) in [4.78, 5) is 25.9. The highest BCUT2D eigenvalue weighted by molar-refractivity contribution is 5.82. The summed E-state index contributed by atoms with van der Waals surface area (Å²) in [5.41, 5.74) is 0. The summed E-state index contributed by atoms with van der Waals surface area (Å²) in [6.07, 6.45) is 5.70. The smallest absolute Gasteiger partial charge is 0.239 e. The van der Waals surface area contributed by atoms with Crippen molar-refractivity contribution in [3.63, 3.8) is 0 Å². The third-order valence-corrected chi connectivity index (χ3v) is 4.25. The van der Waals surface area contributed by atoms with E-state index in [0.29, 0.717) is 18.9 Å². The Balaban J connectivity index is 1.76. The van der Waals surface area contributed by atoms with Gasteiger partial charge in [0.05, 0.1) is 6.04 Å². The van der Waals surface area contributed by atoms with E-state index in [1.165, 1.54) is 0 Å². The van der Waals surface area contributed by atoms with Crippen LogP contribution in [-0.4, -0.2) is 48.9 Å². The largest absolute Gasteiger partial charge is 0.356 e. The number of nitrogens with one attached hydrogen (secondary N) is 2. The molecule has 0 radical (unpaired) electrons. The maximum absolute atomic E-state index is 12.4. The first-order valence-electron chi connectivity index (χ1n) is 7.99. The minimum atomic E-state index is 0.0310. The normalized spacial score (nSPS) is 26.6. The van der Waals surface area contributed by atoms with Crippen molar-refractivity contribution in [2.75, 3.05) is 26.2 Å². The van der Waals surface area contributed by atoms with Gasteiger partial charge in [0, 0.05) is 26.1 Å². The molecule has 0 aromatic heterocycles. The summed E-state index contributed by atoms with van der Waals surface area (Å²) in [5.74, 6) is 0.801. The molecule has 2 unspecified atom stereocenters. The summed E-state index contributed by atoms with van der Waals surface area (Å²) in [6.45, 7) is 5.34. The zero-order valence-corrected chi connectivity index (χ0v) is 12.5. The molecule has 0 bridgehead atoms. The maximum Gasteiger partial charge on any atom is 0.239 e. The van der Waals surface area contributed by atoms with E-state index in [-0.39, 0.29) is 17.9 Å². The standard InChI is InChI=1S/C15H27N3O2/c1-2-5-14(19)17-10-12-6-4-9-18(11-12)15(20)13-7-3-8-16-13/h12-13,16H,2-11H2,1H3,(H,17,19). The van der Waals surface area contributed by atoms with E-state index in [2.05, 4.69) is 10.6 Å². The van der Waals surface area contributed by atoms with E-state index in [4.69, 9.17) is 0 Å². The van der Waals surface area contributed by atoms with Crippen molar-refractivity contribution >= 4 is 11.8 Å². The first-order chi connectivity index (χ1) is 9.70. The van der Waals surface area contributed by atoms with Crippen LogP contribution in [0.4, 0.5) is 0 Å². The molecule has 2 atom stereocenters. The first-order valence-corrected chi connectivity index (χ1v) is 7.99. The van der Waals surface area contributed by atoms with Crippen molar-refractivity contribution in [2.45, 2.75) is 51.5 Å². The van der Waals surface area contributed by atoms with Crippen LogP contribution in [0, 0.1) is 5.92 Å². The Labute approximate surface area is 121 Å². The molecule has 114 valence electrons. The number of amides is 2. The van der Waals surface area contributed by atoms with Crippen molar-refractivity contribution < 1.29 is 9.59 Å². The number of hydrogen-bond donors (Lipinski definition) is 2. The van der Waals surface area contributed by atoms with Crippen molar-refractivity contribution in [3.05, 3.63) is 0 Å². The van der Waals surface area contributed by atoms with E-state index in [9.17, 15) is 9.59 Å². The molecule has 2 saturated heterocycles. The Bertz CT molecular complexity index is 340. The van der Waals surface area contributed by atoms with Crippen LogP contribution in [0.1, 0.15) is 45.4 Å². The summed E-state index contributed by atoms with van der Waals surface area (Å²) < 4.78 is 0. The molecule has 5 heteroatoms. The van der Waals surface area contributed by atoms with Gasteiger partial charge in [0.2, 0.25) is 11.8 Å². The van der Waals surface area contributed by atoms with Crippen LogP contribution < -0.4 is 10.6 Å². The quantitative estimate of drug-likeness (QED) is 0.787. The Kier molecular flexibility index (Phi) is 5.83. The molecule has 5 nitrogen and oxygen atoms in total. The molecule has 0 aliphatic carbocycles. The van der Waals surface area contributed by atoms with Gasteiger partial charge in [-0.3, -0.25) is 9.59 Å². The fraction of sp³-hybridized carbons (Fsp3) is 0.867. The molecule has 2 rings (SSSR count). The molecule has 2 amide bonds. The average Bonchev–Trinajstić information content (AvgIpc) is 2.99. The lowest BCUT2D eigenvalue weighted by molar-refractivity contribution is -0.134. The van der Waals surface area contributed by atoms with Gasteiger partial charge in [0.1, 0.15) is 0 Å². The summed E-state index contributed by atoms with van der Waals surface area (Å²) >= 11 is 0. The molecule has 0 aromatic carbocycles. The SMILES string of the molecule is CCCC(=O)NCC1CCCN(C(=O)C2CCCN2)C1. The number of rotatable bonds is 5. The third-order valence-electron chi connectivity index (χ3n) is 4.25. The third kappa shape index (κ3) is 4.20. The molecular weight excluding hydrogens is 254 g/mol. The molecular formula is C15H27N3O2. The van der Waals surface area contributed by atoms with Gasteiger partial charge in [-0.2, -0.15) is 0 Å². The number of likely N-dealkylation sites (tertiary alicyclic amines) is 1. The second-order valence-electron chi connectivity index (χ2n) is 6.00. The minimum absolute atomic E-state index is 0.0310. The molecule has 2 aliphatic rings. The van der Waals surface area contributed by atoms with Crippen LogP contribution in [0.15, 0.2) is 0 Å². The lowest BCUT2D eigenvalue weighted by Crippen LogP contribution is -2.49. The molecule has 2 aliphatic heterocycles.